The largest absolute Gasteiger partial charge is 0.391 e. The Bertz CT molecular complexity index is 157. The molecule has 1 saturated heterocycles. The molecular weight excluding hydrogens is 126 g/mol. The lowest BCUT2D eigenvalue weighted by molar-refractivity contribution is 0.153. The predicted octanol–water partition coefficient (Wildman–Crippen LogP) is 0.380. The summed E-state index contributed by atoms with van der Waals surface area (Å²) in [6.45, 7) is 4.62. The molecule has 1 aliphatic heterocycles. The summed E-state index contributed by atoms with van der Waals surface area (Å²) < 4.78 is 0. The molecule has 2 nitrogen and oxygen atoms in total. The van der Waals surface area contributed by atoms with Gasteiger partial charge in [-0.1, -0.05) is 6.08 Å². The lowest BCUT2D eigenvalue weighted by Crippen LogP contribution is -2.17. The SMILES string of the molecule is C=CCN1[C@H]2[C@H](O)CC[C@H]21. The van der Waals surface area contributed by atoms with Crippen LogP contribution in [0.3, 0.4) is 0 Å². The van der Waals surface area contributed by atoms with Gasteiger partial charge in [-0.15, -0.1) is 6.58 Å². The number of rotatable bonds is 2. The highest BCUT2D eigenvalue weighted by molar-refractivity contribution is 5.12. The zero-order valence-corrected chi connectivity index (χ0v) is 6.03. The van der Waals surface area contributed by atoms with E-state index in [2.05, 4.69) is 11.5 Å². The molecule has 1 saturated carbocycles. The van der Waals surface area contributed by atoms with Crippen molar-refractivity contribution in [3.63, 3.8) is 0 Å². The van der Waals surface area contributed by atoms with E-state index in [-0.39, 0.29) is 6.10 Å². The van der Waals surface area contributed by atoms with Gasteiger partial charge in [0.2, 0.25) is 0 Å². The molecule has 4 atom stereocenters. The number of aliphatic hydroxyl groups is 1. The molecule has 2 heteroatoms. The van der Waals surface area contributed by atoms with Crippen molar-refractivity contribution < 1.29 is 5.11 Å². The minimum absolute atomic E-state index is 0.0510. The second-order valence-corrected chi connectivity index (χ2v) is 3.19. The topological polar surface area (TPSA) is 23.2 Å². The number of nitrogens with zero attached hydrogens (tertiary/aromatic N) is 1. The summed E-state index contributed by atoms with van der Waals surface area (Å²) in [7, 11) is 0. The Morgan fingerprint density at radius 3 is 2.90 bits per heavy atom. The molecule has 0 aromatic heterocycles. The lowest BCUT2D eigenvalue weighted by Gasteiger charge is -2.07. The first kappa shape index (κ1) is 6.38. The summed E-state index contributed by atoms with van der Waals surface area (Å²) in [4.78, 5) is 2.31. The van der Waals surface area contributed by atoms with Crippen molar-refractivity contribution in [2.24, 2.45) is 0 Å². The quantitative estimate of drug-likeness (QED) is 0.441. The molecule has 0 radical (unpaired) electrons. The van der Waals surface area contributed by atoms with Crippen LogP contribution in [-0.4, -0.2) is 34.7 Å². The lowest BCUT2D eigenvalue weighted by atomic mass is 10.3. The molecule has 0 amide bonds. The molecule has 56 valence electrons. The zero-order chi connectivity index (χ0) is 7.14. The van der Waals surface area contributed by atoms with Gasteiger partial charge >= 0.3 is 0 Å². The van der Waals surface area contributed by atoms with E-state index in [1.807, 2.05) is 6.08 Å². The van der Waals surface area contributed by atoms with Gasteiger partial charge in [0.05, 0.1) is 12.1 Å². The Kier molecular flexibility index (Phi) is 1.32. The number of aliphatic hydroxyl groups excluding tert-OH is 1. The Morgan fingerprint density at radius 2 is 2.40 bits per heavy atom. The maximum atomic E-state index is 9.36. The van der Waals surface area contributed by atoms with Gasteiger partial charge in [0.25, 0.3) is 0 Å². The highest BCUT2D eigenvalue weighted by atomic mass is 16.3. The van der Waals surface area contributed by atoms with Gasteiger partial charge in [-0.2, -0.15) is 0 Å². The third kappa shape index (κ3) is 0.724. The Morgan fingerprint density at radius 1 is 1.60 bits per heavy atom. The molecule has 2 rings (SSSR count). The van der Waals surface area contributed by atoms with E-state index >= 15 is 0 Å². The standard InChI is InChI=1S/C8H13NO/c1-2-5-9-6-3-4-7(10)8(6)9/h2,6-8,10H,1,3-5H2/t6-,7-,8-,9?/m1/s1. The molecule has 2 aliphatic rings. The normalized spacial score (nSPS) is 50.5. The number of fused-ring (bicyclic) bond motifs is 1. The second kappa shape index (κ2) is 2.07. The van der Waals surface area contributed by atoms with Crippen molar-refractivity contribution in [3.8, 4) is 0 Å². The van der Waals surface area contributed by atoms with Gasteiger partial charge in [0.1, 0.15) is 0 Å². The summed E-state index contributed by atoms with van der Waals surface area (Å²) in [5, 5.41) is 9.36. The second-order valence-electron chi connectivity index (χ2n) is 3.19. The minimum atomic E-state index is -0.0510. The van der Waals surface area contributed by atoms with E-state index < -0.39 is 0 Å². The van der Waals surface area contributed by atoms with Crippen LogP contribution in [0, 0.1) is 0 Å². The molecular formula is C8H13NO. The molecule has 1 heterocycles. The zero-order valence-electron chi connectivity index (χ0n) is 6.03. The van der Waals surface area contributed by atoms with Gasteiger partial charge in [0, 0.05) is 12.6 Å². The summed E-state index contributed by atoms with van der Waals surface area (Å²) in [5.74, 6) is 0. The van der Waals surface area contributed by atoms with Crippen LogP contribution in [-0.2, 0) is 0 Å². The van der Waals surface area contributed by atoms with Crippen molar-refractivity contribution in [2.45, 2.75) is 31.0 Å². The summed E-state index contributed by atoms with van der Waals surface area (Å²) in [5.41, 5.74) is 0. The van der Waals surface area contributed by atoms with Crippen LogP contribution in [0.2, 0.25) is 0 Å². The molecule has 1 unspecified atom stereocenters. The molecule has 10 heavy (non-hydrogen) atoms. The third-order valence-electron chi connectivity index (χ3n) is 2.61. The van der Waals surface area contributed by atoms with Crippen molar-refractivity contribution in [3.05, 3.63) is 12.7 Å². The maximum Gasteiger partial charge on any atom is 0.0711 e. The van der Waals surface area contributed by atoms with Gasteiger partial charge < -0.3 is 5.11 Å². The number of piperidine rings is 1. The van der Waals surface area contributed by atoms with Crippen LogP contribution in [0.4, 0.5) is 0 Å². The fourth-order valence-electron chi connectivity index (χ4n) is 2.09. The molecule has 0 spiro atoms. The van der Waals surface area contributed by atoms with E-state index in [9.17, 15) is 5.11 Å². The fraction of sp³-hybridized carbons (Fsp3) is 0.750. The summed E-state index contributed by atoms with van der Waals surface area (Å²) in [6.07, 6.45) is 4.04. The van der Waals surface area contributed by atoms with Crippen molar-refractivity contribution >= 4 is 0 Å². The van der Waals surface area contributed by atoms with E-state index in [1.54, 1.807) is 0 Å². The van der Waals surface area contributed by atoms with Gasteiger partial charge in [-0.05, 0) is 12.8 Å². The van der Waals surface area contributed by atoms with Crippen LogP contribution in [0.1, 0.15) is 12.8 Å². The molecule has 1 aliphatic carbocycles. The molecule has 0 bridgehead atoms. The van der Waals surface area contributed by atoms with E-state index in [4.69, 9.17) is 0 Å². The first-order valence-corrected chi connectivity index (χ1v) is 3.89. The average Bonchev–Trinajstić information content (AvgIpc) is 2.45. The average molecular weight is 139 g/mol. The number of hydrogen-bond donors (Lipinski definition) is 1. The summed E-state index contributed by atoms with van der Waals surface area (Å²) in [6, 6.07) is 1.17. The van der Waals surface area contributed by atoms with Gasteiger partial charge in [-0.3, -0.25) is 4.90 Å². The van der Waals surface area contributed by atoms with Crippen LogP contribution < -0.4 is 0 Å². The van der Waals surface area contributed by atoms with Gasteiger partial charge in [-0.25, -0.2) is 0 Å². The highest BCUT2D eigenvalue weighted by Gasteiger charge is 2.54. The maximum absolute atomic E-state index is 9.36. The Hall–Kier alpha value is -0.340. The Labute approximate surface area is 61.1 Å². The Balaban J connectivity index is 1.92. The van der Waals surface area contributed by atoms with Crippen LogP contribution in [0.5, 0.6) is 0 Å². The highest BCUT2D eigenvalue weighted by Crippen LogP contribution is 2.41. The van der Waals surface area contributed by atoms with Crippen LogP contribution >= 0.6 is 0 Å². The molecule has 0 aromatic carbocycles. The minimum Gasteiger partial charge on any atom is -0.391 e. The smallest absolute Gasteiger partial charge is 0.0711 e. The monoisotopic (exact) mass is 139 g/mol. The van der Waals surface area contributed by atoms with E-state index in [0.717, 1.165) is 13.0 Å². The van der Waals surface area contributed by atoms with Gasteiger partial charge in [0.15, 0.2) is 0 Å². The van der Waals surface area contributed by atoms with Crippen LogP contribution in [0.25, 0.3) is 0 Å². The van der Waals surface area contributed by atoms with Crippen LogP contribution in [0.15, 0.2) is 12.7 Å². The van der Waals surface area contributed by atoms with E-state index in [1.165, 1.54) is 6.42 Å². The third-order valence-corrected chi connectivity index (χ3v) is 2.61. The first-order chi connectivity index (χ1) is 4.84. The van der Waals surface area contributed by atoms with Crippen molar-refractivity contribution in [1.29, 1.82) is 0 Å². The number of hydrogen-bond acceptors (Lipinski definition) is 2. The number of likely N-dealkylation sites (tertiary alicyclic amines) is 1. The van der Waals surface area contributed by atoms with E-state index in [0.29, 0.717) is 12.1 Å². The molecule has 0 aromatic rings. The fourth-order valence-corrected chi connectivity index (χ4v) is 2.09. The molecule has 2 fully saturated rings. The summed E-state index contributed by atoms with van der Waals surface area (Å²) >= 11 is 0. The van der Waals surface area contributed by atoms with Crippen molar-refractivity contribution in [2.75, 3.05) is 6.54 Å². The molecule has 1 N–H and O–H groups in total. The predicted molar refractivity (Wildman–Crippen MR) is 39.7 cm³/mol. The van der Waals surface area contributed by atoms with Crippen molar-refractivity contribution in [1.82, 2.24) is 4.90 Å². The first-order valence-electron chi connectivity index (χ1n) is 3.89.